The van der Waals surface area contributed by atoms with Gasteiger partial charge in [-0.25, -0.2) is 9.97 Å². The van der Waals surface area contributed by atoms with Crippen molar-refractivity contribution in [1.82, 2.24) is 9.97 Å². The Morgan fingerprint density at radius 1 is 1.19 bits per heavy atom. The largest absolute Gasteiger partial charge is 0.508 e. The van der Waals surface area contributed by atoms with Gasteiger partial charge in [-0.2, -0.15) is 0 Å². The number of phenols is 1. The lowest BCUT2D eigenvalue weighted by Gasteiger charge is -2.07. The summed E-state index contributed by atoms with van der Waals surface area (Å²) >= 11 is 0. The molecule has 4 nitrogen and oxygen atoms in total. The number of benzene rings is 1. The zero-order valence-electron chi connectivity index (χ0n) is 9.14. The smallest absolute Gasteiger partial charge is 0.240 e. The second-order valence-corrected chi connectivity index (χ2v) is 3.42. The third-order valence-electron chi connectivity index (χ3n) is 2.33. The first-order valence-corrected chi connectivity index (χ1v) is 4.87. The van der Waals surface area contributed by atoms with Gasteiger partial charge in [0.05, 0.1) is 7.11 Å². The summed E-state index contributed by atoms with van der Waals surface area (Å²) in [6.45, 7) is 1.83. The summed E-state index contributed by atoms with van der Waals surface area (Å²) < 4.78 is 5.13. The number of aromatic nitrogens is 2. The molecule has 0 bridgehead atoms. The highest BCUT2D eigenvalue weighted by molar-refractivity contribution is 5.65. The van der Waals surface area contributed by atoms with E-state index in [0.29, 0.717) is 11.6 Å². The lowest BCUT2D eigenvalue weighted by molar-refractivity contribution is 0.397. The molecule has 82 valence electrons. The predicted octanol–water partition coefficient (Wildman–Crippen LogP) is 2.17. The zero-order chi connectivity index (χ0) is 11.5. The quantitative estimate of drug-likeness (QED) is 0.835. The summed E-state index contributed by atoms with van der Waals surface area (Å²) in [5, 5.41) is 9.45. The molecule has 0 saturated carbocycles. The maximum atomic E-state index is 9.45. The molecule has 0 atom stereocenters. The molecule has 1 aromatic heterocycles. The number of rotatable bonds is 2. The van der Waals surface area contributed by atoms with Gasteiger partial charge in [0.2, 0.25) is 5.88 Å². The topological polar surface area (TPSA) is 55.2 Å². The first-order valence-electron chi connectivity index (χ1n) is 4.87. The molecule has 0 aliphatic carbocycles. The van der Waals surface area contributed by atoms with E-state index < -0.39 is 0 Å². The fourth-order valence-electron chi connectivity index (χ4n) is 1.48. The van der Waals surface area contributed by atoms with E-state index in [1.165, 1.54) is 0 Å². The molecule has 1 aromatic carbocycles. The van der Waals surface area contributed by atoms with Crippen LogP contribution in [0.25, 0.3) is 11.3 Å². The molecular formula is C12H12N2O2. The molecule has 16 heavy (non-hydrogen) atoms. The third-order valence-corrected chi connectivity index (χ3v) is 2.33. The van der Waals surface area contributed by atoms with Gasteiger partial charge in [0.25, 0.3) is 0 Å². The van der Waals surface area contributed by atoms with Gasteiger partial charge in [-0.05, 0) is 30.7 Å². The van der Waals surface area contributed by atoms with Gasteiger partial charge in [0.1, 0.15) is 11.4 Å². The number of ether oxygens (including phenoxy) is 1. The van der Waals surface area contributed by atoms with E-state index in [-0.39, 0.29) is 5.75 Å². The Balaban J connectivity index is 2.54. The van der Waals surface area contributed by atoms with Gasteiger partial charge >= 0.3 is 0 Å². The van der Waals surface area contributed by atoms with Gasteiger partial charge in [-0.15, -0.1) is 0 Å². The Hall–Kier alpha value is -2.10. The van der Waals surface area contributed by atoms with Crippen LogP contribution in [0.2, 0.25) is 0 Å². The van der Waals surface area contributed by atoms with Crippen molar-refractivity contribution in [3.05, 3.63) is 36.2 Å². The van der Waals surface area contributed by atoms with Crippen LogP contribution in [-0.2, 0) is 0 Å². The molecule has 1 heterocycles. The molecule has 0 fully saturated rings. The minimum atomic E-state index is 0.270. The van der Waals surface area contributed by atoms with Crippen molar-refractivity contribution in [3.63, 3.8) is 0 Å². The maximum Gasteiger partial charge on any atom is 0.240 e. The average molecular weight is 216 g/mol. The van der Waals surface area contributed by atoms with Crippen molar-refractivity contribution in [2.75, 3.05) is 7.11 Å². The van der Waals surface area contributed by atoms with E-state index in [4.69, 9.17) is 4.74 Å². The van der Waals surface area contributed by atoms with Crippen molar-refractivity contribution < 1.29 is 9.84 Å². The molecule has 4 heteroatoms. The Bertz CT molecular complexity index is 512. The number of aromatic hydroxyl groups is 1. The highest BCUT2D eigenvalue weighted by atomic mass is 16.5. The lowest BCUT2D eigenvalue weighted by atomic mass is 10.1. The lowest BCUT2D eigenvalue weighted by Crippen LogP contribution is -1.93. The number of aryl methyl sites for hydroxylation is 1. The normalized spacial score (nSPS) is 10.1. The van der Waals surface area contributed by atoms with Crippen molar-refractivity contribution in [1.29, 1.82) is 0 Å². The van der Waals surface area contributed by atoms with Crippen LogP contribution in [-0.4, -0.2) is 22.2 Å². The van der Waals surface area contributed by atoms with Crippen LogP contribution < -0.4 is 4.74 Å². The monoisotopic (exact) mass is 216 g/mol. The highest BCUT2D eigenvalue weighted by Crippen LogP contribution is 2.28. The third kappa shape index (κ3) is 1.82. The van der Waals surface area contributed by atoms with Crippen molar-refractivity contribution in [2.24, 2.45) is 0 Å². The first kappa shape index (κ1) is 10.4. The Kier molecular flexibility index (Phi) is 2.72. The van der Waals surface area contributed by atoms with Crippen LogP contribution in [0.1, 0.15) is 5.56 Å². The maximum absolute atomic E-state index is 9.45. The predicted molar refractivity (Wildman–Crippen MR) is 60.4 cm³/mol. The van der Waals surface area contributed by atoms with Crippen LogP contribution in [0.4, 0.5) is 0 Å². The molecule has 0 unspecified atom stereocenters. The van der Waals surface area contributed by atoms with Gasteiger partial charge in [0, 0.05) is 18.0 Å². The summed E-state index contributed by atoms with van der Waals surface area (Å²) in [6.07, 6.45) is 3.19. The summed E-state index contributed by atoms with van der Waals surface area (Å²) in [7, 11) is 1.56. The first-order chi connectivity index (χ1) is 7.72. The summed E-state index contributed by atoms with van der Waals surface area (Å²) in [5.41, 5.74) is 2.35. The molecule has 2 aromatic rings. The van der Waals surface area contributed by atoms with E-state index in [1.807, 2.05) is 13.0 Å². The Labute approximate surface area is 93.6 Å². The Morgan fingerprint density at radius 3 is 2.62 bits per heavy atom. The molecular weight excluding hydrogens is 204 g/mol. The van der Waals surface area contributed by atoms with Gasteiger partial charge in [-0.3, -0.25) is 0 Å². The highest BCUT2D eigenvalue weighted by Gasteiger charge is 2.08. The van der Waals surface area contributed by atoms with E-state index >= 15 is 0 Å². The van der Waals surface area contributed by atoms with Crippen LogP contribution in [0.15, 0.2) is 30.6 Å². The van der Waals surface area contributed by atoms with Gasteiger partial charge < -0.3 is 9.84 Å². The van der Waals surface area contributed by atoms with E-state index in [1.54, 1.807) is 31.6 Å². The number of hydrogen-bond donors (Lipinski definition) is 1. The molecule has 0 amide bonds. The standard InChI is InChI=1S/C12H12N2O2/c1-8-7-9(3-4-10(8)15)11-12(16-2)14-6-5-13-11/h3-7,15H,1-2H3. The average Bonchev–Trinajstić information content (AvgIpc) is 2.32. The molecule has 2 rings (SSSR count). The minimum absolute atomic E-state index is 0.270. The summed E-state index contributed by atoms with van der Waals surface area (Å²) in [5.74, 6) is 0.749. The van der Waals surface area contributed by atoms with Gasteiger partial charge in [-0.1, -0.05) is 0 Å². The second kappa shape index (κ2) is 4.18. The van der Waals surface area contributed by atoms with Crippen LogP contribution >= 0.6 is 0 Å². The molecule has 0 aliphatic rings. The van der Waals surface area contributed by atoms with E-state index in [9.17, 15) is 5.11 Å². The Morgan fingerprint density at radius 2 is 1.94 bits per heavy atom. The number of phenolic OH excluding ortho intramolecular Hbond substituents is 1. The molecule has 0 aliphatic heterocycles. The minimum Gasteiger partial charge on any atom is -0.508 e. The van der Waals surface area contributed by atoms with E-state index in [2.05, 4.69) is 9.97 Å². The van der Waals surface area contributed by atoms with Crippen molar-refractivity contribution in [3.8, 4) is 22.9 Å². The fraction of sp³-hybridized carbons (Fsp3) is 0.167. The fourth-order valence-corrected chi connectivity index (χ4v) is 1.48. The SMILES string of the molecule is COc1nccnc1-c1ccc(O)c(C)c1. The van der Waals surface area contributed by atoms with Crippen molar-refractivity contribution in [2.45, 2.75) is 6.92 Å². The molecule has 1 N–H and O–H groups in total. The van der Waals surface area contributed by atoms with Gasteiger partial charge in [0.15, 0.2) is 0 Å². The van der Waals surface area contributed by atoms with Crippen LogP contribution in [0.5, 0.6) is 11.6 Å². The number of methoxy groups -OCH3 is 1. The molecule has 0 radical (unpaired) electrons. The molecule has 0 saturated heterocycles. The number of hydrogen-bond acceptors (Lipinski definition) is 4. The second-order valence-electron chi connectivity index (χ2n) is 3.42. The van der Waals surface area contributed by atoms with Crippen LogP contribution in [0.3, 0.4) is 0 Å². The van der Waals surface area contributed by atoms with Crippen molar-refractivity contribution >= 4 is 0 Å². The van der Waals surface area contributed by atoms with E-state index in [0.717, 1.165) is 11.1 Å². The number of nitrogens with zero attached hydrogens (tertiary/aromatic N) is 2. The molecule has 0 spiro atoms. The zero-order valence-corrected chi connectivity index (χ0v) is 9.14. The van der Waals surface area contributed by atoms with Crippen LogP contribution in [0, 0.1) is 6.92 Å². The summed E-state index contributed by atoms with van der Waals surface area (Å²) in [6, 6.07) is 5.27. The summed E-state index contributed by atoms with van der Waals surface area (Å²) in [4.78, 5) is 8.30.